The second-order valence-corrected chi connectivity index (χ2v) is 6.19. The number of piperidine rings is 1. The molecule has 1 amide bonds. The van der Waals surface area contributed by atoms with E-state index in [0.717, 1.165) is 49.4 Å². The molecule has 0 saturated carbocycles. The van der Waals surface area contributed by atoms with E-state index in [4.69, 9.17) is 0 Å². The normalized spacial score (nSPS) is 17.5. The van der Waals surface area contributed by atoms with Crippen molar-refractivity contribution in [3.05, 3.63) is 48.2 Å². The number of aromatic nitrogens is 3. The van der Waals surface area contributed by atoms with Gasteiger partial charge in [0, 0.05) is 44.9 Å². The van der Waals surface area contributed by atoms with E-state index < -0.39 is 0 Å². The van der Waals surface area contributed by atoms with Crippen LogP contribution in [0.5, 0.6) is 0 Å². The summed E-state index contributed by atoms with van der Waals surface area (Å²) in [6.07, 6.45) is 10.3. The Balaban J connectivity index is 1.61. The molecule has 126 valence electrons. The quantitative estimate of drug-likeness (QED) is 0.909. The molecular formula is C18H23N5O. The third kappa shape index (κ3) is 4.07. The Bertz CT molecular complexity index is 676. The maximum atomic E-state index is 12.5. The number of hydrogen-bond acceptors (Lipinski definition) is 5. The number of amides is 1. The molecule has 24 heavy (non-hydrogen) atoms. The average Bonchev–Trinajstić information content (AvgIpc) is 2.63. The predicted molar refractivity (Wildman–Crippen MR) is 92.5 cm³/mol. The summed E-state index contributed by atoms with van der Waals surface area (Å²) >= 11 is 0. The Kier molecular flexibility index (Phi) is 5.36. The predicted octanol–water partition coefficient (Wildman–Crippen LogP) is 1.94. The van der Waals surface area contributed by atoms with Gasteiger partial charge in [-0.25, -0.2) is 4.98 Å². The Labute approximate surface area is 142 Å². The third-order valence-electron chi connectivity index (χ3n) is 4.44. The molecule has 1 atom stereocenters. The van der Waals surface area contributed by atoms with Crippen LogP contribution in [0.1, 0.15) is 24.1 Å². The van der Waals surface area contributed by atoms with Gasteiger partial charge in [0.25, 0.3) is 0 Å². The lowest BCUT2D eigenvalue weighted by atomic mass is 9.93. The van der Waals surface area contributed by atoms with Crippen LogP contribution in [0.15, 0.2) is 36.9 Å². The van der Waals surface area contributed by atoms with Crippen molar-refractivity contribution in [3.63, 3.8) is 0 Å². The molecule has 0 spiro atoms. The Morgan fingerprint density at radius 3 is 3.00 bits per heavy atom. The van der Waals surface area contributed by atoms with E-state index in [-0.39, 0.29) is 5.91 Å². The van der Waals surface area contributed by atoms with Gasteiger partial charge in [0.1, 0.15) is 5.82 Å². The van der Waals surface area contributed by atoms with Crippen molar-refractivity contribution in [3.8, 4) is 0 Å². The van der Waals surface area contributed by atoms with Gasteiger partial charge >= 0.3 is 0 Å². The van der Waals surface area contributed by atoms with Gasteiger partial charge in [0.2, 0.25) is 5.91 Å². The SMILES string of the molecule is CNc1nccnc1C[C@H]1CCCN(C(=O)Cc2cccnc2)C1. The summed E-state index contributed by atoms with van der Waals surface area (Å²) in [7, 11) is 1.86. The second kappa shape index (κ2) is 7.86. The summed E-state index contributed by atoms with van der Waals surface area (Å²) in [5.41, 5.74) is 1.95. The number of carbonyl (C=O) groups is 1. The number of carbonyl (C=O) groups excluding carboxylic acids is 1. The number of anilines is 1. The molecule has 3 heterocycles. The van der Waals surface area contributed by atoms with E-state index in [9.17, 15) is 4.79 Å². The van der Waals surface area contributed by atoms with Gasteiger partial charge in [-0.2, -0.15) is 0 Å². The summed E-state index contributed by atoms with van der Waals surface area (Å²) in [4.78, 5) is 27.4. The van der Waals surface area contributed by atoms with E-state index in [1.54, 1.807) is 24.8 Å². The lowest BCUT2D eigenvalue weighted by Gasteiger charge is -2.33. The molecule has 1 fully saturated rings. The number of nitrogens with zero attached hydrogens (tertiary/aromatic N) is 4. The largest absolute Gasteiger partial charge is 0.372 e. The van der Waals surface area contributed by atoms with Crippen LogP contribution in [0, 0.1) is 5.92 Å². The van der Waals surface area contributed by atoms with Crippen molar-refractivity contribution < 1.29 is 4.79 Å². The first-order valence-electron chi connectivity index (χ1n) is 8.40. The monoisotopic (exact) mass is 325 g/mol. The van der Waals surface area contributed by atoms with Crippen LogP contribution in [0.4, 0.5) is 5.82 Å². The van der Waals surface area contributed by atoms with Crippen molar-refractivity contribution >= 4 is 11.7 Å². The highest BCUT2D eigenvalue weighted by Crippen LogP contribution is 2.23. The number of hydrogen-bond donors (Lipinski definition) is 1. The fourth-order valence-corrected chi connectivity index (χ4v) is 3.25. The number of nitrogens with one attached hydrogen (secondary N) is 1. The molecule has 1 aliphatic heterocycles. The zero-order valence-electron chi connectivity index (χ0n) is 14.0. The fourth-order valence-electron chi connectivity index (χ4n) is 3.25. The summed E-state index contributed by atoms with van der Waals surface area (Å²) in [5.74, 6) is 1.44. The maximum Gasteiger partial charge on any atom is 0.227 e. The summed E-state index contributed by atoms with van der Waals surface area (Å²) < 4.78 is 0. The van der Waals surface area contributed by atoms with Crippen molar-refractivity contribution in [2.45, 2.75) is 25.7 Å². The molecule has 0 bridgehead atoms. The molecule has 2 aromatic heterocycles. The van der Waals surface area contributed by atoms with Crippen molar-refractivity contribution in [2.24, 2.45) is 5.92 Å². The van der Waals surface area contributed by atoms with Crippen LogP contribution < -0.4 is 5.32 Å². The minimum atomic E-state index is 0.181. The highest BCUT2D eigenvalue weighted by atomic mass is 16.2. The van der Waals surface area contributed by atoms with E-state index in [2.05, 4.69) is 20.3 Å². The topological polar surface area (TPSA) is 71.0 Å². The van der Waals surface area contributed by atoms with E-state index in [1.807, 2.05) is 24.1 Å². The van der Waals surface area contributed by atoms with Crippen LogP contribution in [-0.2, 0) is 17.6 Å². The molecule has 0 radical (unpaired) electrons. The van der Waals surface area contributed by atoms with Crippen LogP contribution in [0.25, 0.3) is 0 Å². The van der Waals surface area contributed by atoms with Gasteiger partial charge in [0.05, 0.1) is 12.1 Å². The van der Waals surface area contributed by atoms with Gasteiger partial charge in [-0.15, -0.1) is 0 Å². The summed E-state index contributed by atoms with van der Waals surface area (Å²) in [6, 6.07) is 3.82. The third-order valence-corrected chi connectivity index (χ3v) is 4.44. The molecule has 0 unspecified atom stereocenters. The van der Waals surface area contributed by atoms with E-state index in [0.29, 0.717) is 12.3 Å². The lowest BCUT2D eigenvalue weighted by Crippen LogP contribution is -2.41. The Morgan fingerprint density at radius 2 is 2.21 bits per heavy atom. The molecule has 3 rings (SSSR count). The second-order valence-electron chi connectivity index (χ2n) is 6.19. The number of likely N-dealkylation sites (tertiary alicyclic amines) is 1. The van der Waals surface area contributed by atoms with Crippen molar-refractivity contribution in [1.82, 2.24) is 19.9 Å². The standard InChI is InChI=1S/C18H23N5O/c1-19-18-16(21-7-8-22-18)10-15-5-3-9-23(13-15)17(24)11-14-4-2-6-20-12-14/h2,4,6-8,12,15H,3,5,9-11,13H2,1H3,(H,19,22)/t15-/m1/s1. The molecule has 1 saturated heterocycles. The van der Waals surface area contributed by atoms with Crippen LogP contribution in [-0.4, -0.2) is 45.9 Å². The Hall–Kier alpha value is -2.50. The van der Waals surface area contributed by atoms with Crippen LogP contribution >= 0.6 is 0 Å². The summed E-state index contributed by atoms with van der Waals surface area (Å²) in [6.45, 7) is 1.63. The Morgan fingerprint density at radius 1 is 1.33 bits per heavy atom. The van der Waals surface area contributed by atoms with Gasteiger partial charge in [-0.3, -0.25) is 14.8 Å². The highest BCUT2D eigenvalue weighted by Gasteiger charge is 2.25. The highest BCUT2D eigenvalue weighted by molar-refractivity contribution is 5.78. The lowest BCUT2D eigenvalue weighted by molar-refractivity contribution is -0.132. The molecule has 6 heteroatoms. The average molecular weight is 325 g/mol. The van der Waals surface area contributed by atoms with Gasteiger partial charge in [-0.1, -0.05) is 6.07 Å². The van der Waals surface area contributed by atoms with Gasteiger partial charge in [0.15, 0.2) is 0 Å². The van der Waals surface area contributed by atoms with Crippen LogP contribution in [0.2, 0.25) is 0 Å². The van der Waals surface area contributed by atoms with E-state index in [1.165, 1.54) is 0 Å². The maximum absolute atomic E-state index is 12.5. The molecule has 2 aromatic rings. The smallest absolute Gasteiger partial charge is 0.227 e. The number of rotatable bonds is 5. The molecule has 0 aromatic carbocycles. The first kappa shape index (κ1) is 16.4. The minimum absolute atomic E-state index is 0.181. The fraction of sp³-hybridized carbons (Fsp3) is 0.444. The molecule has 6 nitrogen and oxygen atoms in total. The first-order valence-corrected chi connectivity index (χ1v) is 8.40. The molecular weight excluding hydrogens is 302 g/mol. The zero-order valence-corrected chi connectivity index (χ0v) is 14.0. The number of pyridine rings is 1. The van der Waals surface area contributed by atoms with Crippen molar-refractivity contribution in [2.75, 3.05) is 25.5 Å². The minimum Gasteiger partial charge on any atom is -0.372 e. The molecule has 0 aliphatic carbocycles. The van der Waals surface area contributed by atoms with Gasteiger partial charge in [-0.05, 0) is 36.8 Å². The van der Waals surface area contributed by atoms with Crippen LogP contribution in [0.3, 0.4) is 0 Å². The van der Waals surface area contributed by atoms with E-state index >= 15 is 0 Å². The van der Waals surface area contributed by atoms with Crippen molar-refractivity contribution in [1.29, 1.82) is 0 Å². The molecule has 1 N–H and O–H groups in total. The zero-order chi connectivity index (χ0) is 16.8. The van der Waals surface area contributed by atoms with Gasteiger partial charge < -0.3 is 10.2 Å². The summed E-state index contributed by atoms with van der Waals surface area (Å²) in [5, 5.41) is 3.09. The molecule has 1 aliphatic rings. The first-order chi connectivity index (χ1) is 11.8.